The third-order valence-corrected chi connectivity index (χ3v) is 3.48. The highest BCUT2D eigenvalue weighted by Gasteiger charge is 2.19. The van der Waals surface area contributed by atoms with Crippen molar-refractivity contribution in [2.45, 2.75) is 13.0 Å². The van der Waals surface area contributed by atoms with Crippen molar-refractivity contribution in [3.05, 3.63) is 34.4 Å². The zero-order valence-electron chi connectivity index (χ0n) is 11.6. The van der Waals surface area contributed by atoms with Crippen LogP contribution in [0.4, 0.5) is 11.6 Å². The smallest absolute Gasteiger partial charge is 0.269 e. The molecular weight excluding hydrogens is 272 g/mol. The molecule has 0 bridgehead atoms. The van der Waals surface area contributed by atoms with E-state index in [4.69, 9.17) is 0 Å². The van der Waals surface area contributed by atoms with Gasteiger partial charge in [-0.15, -0.1) is 5.10 Å². The lowest BCUT2D eigenvalue weighted by Gasteiger charge is -2.30. The molecule has 2 N–H and O–H groups in total. The van der Waals surface area contributed by atoms with E-state index in [0.29, 0.717) is 17.8 Å². The van der Waals surface area contributed by atoms with Crippen LogP contribution in [-0.2, 0) is 0 Å². The van der Waals surface area contributed by atoms with E-state index in [1.54, 1.807) is 12.1 Å². The first-order valence-corrected chi connectivity index (χ1v) is 6.79. The molecule has 21 heavy (non-hydrogen) atoms. The second-order valence-corrected chi connectivity index (χ2v) is 5.09. The zero-order chi connectivity index (χ0) is 14.8. The van der Waals surface area contributed by atoms with Crippen molar-refractivity contribution in [1.29, 1.82) is 0 Å². The van der Waals surface area contributed by atoms with E-state index in [2.05, 4.69) is 32.3 Å². The molecule has 2 aromatic rings. The average Bonchev–Trinajstić information content (AvgIpc) is 2.97. The molecule has 1 aliphatic heterocycles. The molecule has 1 aliphatic rings. The first-order chi connectivity index (χ1) is 10.1. The average molecular weight is 288 g/mol. The number of nitro groups is 1. The third kappa shape index (κ3) is 2.84. The molecule has 1 atom stereocenters. The second kappa shape index (κ2) is 5.49. The highest BCUT2D eigenvalue weighted by atomic mass is 16.6. The van der Waals surface area contributed by atoms with Crippen LogP contribution < -0.4 is 10.2 Å². The molecule has 1 saturated heterocycles. The molecule has 0 saturated carbocycles. The number of rotatable bonds is 3. The summed E-state index contributed by atoms with van der Waals surface area (Å²) in [6.45, 7) is 4.75. The van der Waals surface area contributed by atoms with Gasteiger partial charge in [0.1, 0.15) is 0 Å². The van der Waals surface area contributed by atoms with Crippen LogP contribution in [0.3, 0.4) is 0 Å². The fraction of sp³-hybridized carbons (Fsp3) is 0.385. The lowest BCUT2D eigenvalue weighted by atomic mass is 10.2. The van der Waals surface area contributed by atoms with Gasteiger partial charge in [-0.05, 0) is 19.1 Å². The number of piperazine rings is 1. The molecule has 1 aromatic heterocycles. The standard InChI is InChI=1S/C13H16N6O2/c1-9-8-18(7-6-14-9)13-15-12(16-17-13)10-2-4-11(5-3-10)19(20)21/h2-5,9,14H,6-8H2,1H3,(H,15,16,17)/t9-/m0/s1. The molecule has 8 heteroatoms. The van der Waals surface area contributed by atoms with Crippen molar-refractivity contribution in [2.75, 3.05) is 24.5 Å². The summed E-state index contributed by atoms with van der Waals surface area (Å²) in [5.41, 5.74) is 0.844. The van der Waals surface area contributed by atoms with Gasteiger partial charge in [-0.2, -0.15) is 4.98 Å². The highest BCUT2D eigenvalue weighted by Crippen LogP contribution is 2.21. The molecule has 0 unspecified atom stereocenters. The Kier molecular flexibility index (Phi) is 3.53. The Hall–Kier alpha value is -2.48. The summed E-state index contributed by atoms with van der Waals surface area (Å²) < 4.78 is 0. The van der Waals surface area contributed by atoms with Crippen LogP contribution in [0.1, 0.15) is 6.92 Å². The van der Waals surface area contributed by atoms with Crippen LogP contribution in [0.15, 0.2) is 24.3 Å². The lowest BCUT2D eigenvalue weighted by molar-refractivity contribution is -0.384. The number of aromatic amines is 1. The molecule has 0 aliphatic carbocycles. The number of non-ortho nitro benzene ring substituents is 1. The molecule has 2 heterocycles. The lowest BCUT2D eigenvalue weighted by Crippen LogP contribution is -2.49. The fourth-order valence-electron chi connectivity index (χ4n) is 2.38. The summed E-state index contributed by atoms with van der Waals surface area (Å²) in [5, 5.41) is 21.1. The first kappa shape index (κ1) is 13.5. The third-order valence-electron chi connectivity index (χ3n) is 3.48. The van der Waals surface area contributed by atoms with Gasteiger partial charge in [0.15, 0.2) is 5.82 Å². The number of nitrogens with zero attached hydrogens (tertiary/aromatic N) is 4. The minimum Gasteiger partial charge on any atom is -0.337 e. The van der Waals surface area contributed by atoms with Gasteiger partial charge in [0, 0.05) is 43.4 Å². The van der Waals surface area contributed by atoms with E-state index in [1.807, 2.05) is 0 Å². The quantitative estimate of drug-likeness (QED) is 0.649. The summed E-state index contributed by atoms with van der Waals surface area (Å²) in [7, 11) is 0. The van der Waals surface area contributed by atoms with Crippen LogP contribution >= 0.6 is 0 Å². The molecule has 8 nitrogen and oxygen atoms in total. The molecule has 0 amide bonds. The SMILES string of the molecule is C[C@H]1CN(c2n[nH]c(-c3ccc([N+](=O)[O-])cc3)n2)CCN1. The van der Waals surface area contributed by atoms with Gasteiger partial charge in [0.2, 0.25) is 5.95 Å². The number of aromatic nitrogens is 3. The predicted molar refractivity (Wildman–Crippen MR) is 78.2 cm³/mol. The largest absolute Gasteiger partial charge is 0.337 e. The normalized spacial score (nSPS) is 18.7. The van der Waals surface area contributed by atoms with Crippen molar-refractivity contribution in [2.24, 2.45) is 0 Å². The van der Waals surface area contributed by atoms with Crippen LogP contribution in [0.25, 0.3) is 11.4 Å². The van der Waals surface area contributed by atoms with E-state index in [0.717, 1.165) is 25.2 Å². The monoisotopic (exact) mass is 288 g/mol. The van der Waals surface area contributed by atoms with Gasteiger partial charge >= 0.3 is 0 Å². The number of anilines is 1. The van der Waals surface area contributed by atoms with Crippen LogP contribution in [0, 0.1) is 10.1 Å². The Labute approximate surface area is 121 Å². The summed E-state index contributed by atoms with van der Waals surface area (Å²) in [6, 6.07) is 6.67. The maximum absolute atomic E-state index is 10.6. The fourth-order valence-corrected chi connectivity index (χ4v) is 2.38. The second-order valence-electron chi connectivity index (χ2n) is 5.09. The van der Waals surface area contributed by atoms with Gasteiger partial charge < -0.3 is 10.2 Å². The predicted octanol–water partition coefficient (Wildman–Crippen LogP) is 1.18. The van der Waals surface area contributed by atoms with E-state index >= 15 is 0 Å². The van der Waals surface area contributed by atoms with Crippen molar-refractivity contribution in [1.82, 2.24) is 20.5 Å². The summed E-state index contributed by atoms with van der Waals surface area (Å²) in [4.78, 5) is 16.8. The minimum absolute atomic E-state index is 0.0643. The zero-order valence-corrected chi connectivity index (χ0v) is 11.6. The summed E-state index contributed by atoms with van der Waals surface area (Å²) in [6.07, 6.45) is 0. The molecule has 0 radical (unpaired) electrons. The Balaban J connectivity index is 1.79. The Bertz CT molecular complexity index is 638. The molecule has 110 valence electrons. The number of nitro benzene ring substituents is 1. The van der Waals surface area contributed by atoms with Crippen LogP contribution in [0.5, 0.6) is 0 Å². The van der Waals surface area contributed by atoms with Crippen LogP contribution in [-0.4, -0.2) is 45.8 Å². The van der Waals surface area contributed by atoms with Crippen molar-refractivity contribution in [3.63, 3.8) is 0 Å². The highest BCUT2D eigenvalue weighted by molar-refractivity contribution is 5.58. The van der Waals surface area contributed by atoms with E-state index < -0.39 is 4.92 Å². The van der Waals surface area contributed by atoms with Gasteiger partial charge in [0.25, 0.3) is 5.69 Å². The Morgan fingerprint density at radius 2 is 2.14 bits per heavy atom. The minimum atomic E-state index is -0.419. The van der Waals surface area contributed by atoms with Crippen molar-refractivity contribution < 1.29 is 4.92 Å². The number of hydrogen-bond donors (Lipinski definition) is 2. The van der Waals surface area contributed by atoms with E-state index in [-0.39, 0.29) is 5.69 Å². The van der Waals surface area contributed by atoms with Crippen LogP contribution in [0.2, 0.25) is 0 Å². The number of nitrogens with one attached hydrogen (secondary N) is 2. The van der Waals surface area contributed by atoms with Gasteiger partial charge in [-0.1, -0.05) is 0 Å². The summed E-state index contributed by atoms with van der Waals surface area (Å²) in [5.74, 6) is 1.28. The number of hydrogen-bond acceptors (Lipinski definition) is 6. The van der Waals surface area contributed by atoms with E-state index in [1.165, 1.54) is 12.1 Å². The van der Waals surface area contributed by atoms with Gasteiger partial charge in [-0.3, -0.25) is 15.2 Å². The summed E-state index contributed by atoms with van der Waals surface area (Å²) >= 11 is 0. The van der Waals surface area contributed by atoms with Gasteiger partial charge in [-0.25, -0.2) is 0 Å². The molecule has 1 aromatic carbocycles. The maximum Gasteiger partial charge on any atom is 0.269 e. The van der Waals surface area contributed by atoms with Gasteiger partial charge in [0.05, 0.1) is 4.92 Å². The molecular formula is C13H16N6O2. The number of benzene rings is 1. The molecule has 0 spiro atoms. The first-order valence-electron chi connectivity index (χ1n) is 6.79. The van der Waals surface area contributed by atoms with Crippen molar-refractivity contribution in [3.8, 4) is 11.4 Å². The molecule has 1 fully saturated rings. The van der Waals surface area contributed by atoms with E-state index in [9.17, 15) is 10.1 Å². The topological polar surface area (TPSA) is 100.0 Å². The molecule has 3 rings (SSSR count). The van der Waals surface area contributed by atoms with Crippen molar-refractivity contribution >= 4 is 11.6 Å². The Morgan fingerprint density at radius 3 is 2.81 bits per heavy atom. The Morgan fingerprint density at radius 1 is 1.38 bits per heavy atom. The number of H-pyrrole nitrogens is 1. The maximum atomic E-state index is 10.6.